The van der Waals surface area contributed by atoms with Gasteiger partial charge in [-0.25, -0.2) is 4.79 Å². The Balaban J connectivity index is 1.71. The first-order valence-electron chi connectivity index (χ1n) is 9.01. The quantitative estimate of drug-likeness (QED) is 0.617. The van der Waals surface area contributed by atoms with Gasteiger partial charge in [0.25, 0.3) is 0 Å². The fourth-order valence-corrected chi connectivity index (χ4v) is 4.63. The minimum Gasteiger partial charge on any atom is -0.478 e. The summed E-state index contributed by atoms with van der Waals surface area (Å²) < 4.78 is 0. The number of hydrogen-bond acceptors (Lipinski definition) is 2. The number of nitrogens with one attached hydrogen (secondary N) is 1. The Bertz CT molecular complexity index is 1050. The average molecular weight is 341 g/mol. The fraction of sp³-hybridized carbons (Fsp3) is 0.174. The first-order valence-corrected chi connectivity index (χ1v) is 9.01. The Morgan fingerprint density at radius 1 is 0.962 bits per heavy atom. The predicted octanol–water partition coefficient (Wildman–Crippen LogP) is 5.36. The van der Waals surface area contributed by atoms with E-state index in [2.05, 4.69) is 66.0 Å². The van der Waals surface area contributed by atoms with Crippen molar-refractivity contribution >= 4 is 22.4 Å². The van der Waals surface area contributed by atoms with Gasteiger partial charge in [-0.3, -0.25) is 0 Å². The smallest absolute Gasteiger partial charge is 0.337 e. The Hall–Kier alpha value is -3.07. The minimum atomic E-state index is -0.883. The standard InChI is InChI=1S/C23H19NO2/c25-23(26)20-13-5-12-19-16-9-4-11-18(16)21(24-22(19)20)17-10-3-7-14-6-1-2-8-15(14)17/h1-10,12-13,16,18,21,24H,11H2,(H,25,26)/t16-,18+,21-/m1/s1. The highest BCUT2D eigenvalue weighted by Crippen LogP contribution is 2.51. The zero-order chi connectivity index (χ0) is 17.7. The molecule has 2 N–H and O–H groups in total. The lowest BCUT2D eigenvalue weighted by Crippen LogP contribution is -2.30. The van der Waals surface area contributed by atoms with Gasteiger partial charge in [0.15, 0.2) is 0 Å². The van der Waals surface area contributed by atoms with Crippen molar-refractivity contribution in [2.24, 2.45) is 5.92 Å². The molecule has 3 aromatic carbocycles. The number of aromatic carboxylic acids is 1. The molecule has 3 heteroatoms. The average Bonchev–Trinajstić information content (AvgIpc) is 3.16. The second kappa shape index (κ2) is 5.73. The number of rotatable bonds is 2. The van der Waals surface area contributed by atoms with Gasteiger partial charge in [-0.1, -0.05) is 66.7 Å². The summed E-state index contributed by atoms with van der Waals surface area (Å²) in [6, 6.07) is 20.5. The number of fused-ring (bicyclic) bond motifs is 4. The molecule has 1 aliphatic carbocycles. The molecule has 0 fully saturated rings. The van der Waals surface area contributed by atoms with Gasteiger partial charge in [0.05, 0.1) is 17.3 Å². The van der Waals surface area contributed by atoms with Crippen molar-refractivity contribution in [1.82, 2.24) is 0 Å². The normalized spacial score (nSPS) is 23.3. The molecule has 1 heterocycles. The summed E-state index contributed by atoms with van der Waals surface area (Å²) in [6.07, 6.45) is 5.48. The van der Waals surface area contributed by atoms with E-state index in [1.807, 2.05) is 6.07 Å². The predicted molar refractivity (Wildman–Crippen MR) is 104 cm³/mol. The SMILES string of the molecule is O=C(O)c1cccc2c1N[C@H](c1cccc3ccccc13)[C@H]1CC=C[C@@H]21. The van der Waals surface area contributed by atoms with Crippen LogP contribution in [-0.2, 0) is 0 Å². The highest BCUT2D eigenvalue weighted by Gasteiger charge is 2.39. The third-order valence-electron chi connectivity index (χ3n) is 5.79. The topological polar surface area (TPSA) is 49.3 Å². The molecule has 3 aromatic rings. The maximum absolute atomic E-state index is 11.8. The van der Waals surface area contributed by atoms with E-state index in [1.165, 1.54) is 16.3 Å². The summed E-state index contributed by atoms with van der Waals surface area (Å²) in [5.41, 5.74) is 3.46. The highest BCUT2D eigenvalue weighted by molar-refractivity contribution is 5.96. The van der Waals surface area contributed by atoms with Gasteiger partial charge in [0.1, 0.15) is 0 Å². The lowest BCUT2D eigenvalue weighted by molar-refractivity contribution is 0.0697. The van der Waals surface area contributed by atoms with Crippen molar-refractivity contribution < 1.29 is 9.90 Å². The van der Waals surface area contributed by atoms with E-state index in [0.717, 1.165) is 17.7 Å². The van der Waals surface area contributed by atoms with E-state index in [-0.39, 0.29) is 12.0 Å². The van der Waals surface area contributed by atoms with Crippen LogP contribution in [0.3, 0.4) is 0 Å². The number of para-hydroxylation sites is 1. The molecule has 3 nitrogen and oxygen atoms in total. The van der Waals surface area contributed by atoms with Crippen molar-refractivity contribution in [1.29, 1.82) is 0 Å². The second-order valence-electron chi connectivity index (χ2n) is 7.12. The fourth-order valence-electron chi connectivity index (χ4n) is 4.63. The molecule has 128 valence electrons. The Morgan fingerprint density at radius 2 is 1.73 bits per heavy atom. The van der Waals surface area contributed by atoms with Crippen molar-refractivity contribution in [3.8, 4) is 0 Å². The van der Waals surface area contributed by atoms with Crippen LogP contribution < -0.4 is 5.32 Å². The van der Waals surface area contributed by atoms with Crippen LogP contribution in [0.4, 0.5) is 5.69 Å². The van der Waals surface area contributed by atoms with Gasteiger partial charge in [0, 0.05) is 5.92 Å². The molecule has 1 aliphatic heterocycles. The molecule has 0 spiro atoms. The number of carboxylic acid groups (broad SMARTS) is 1. The Morgan fingerprint density at radius 3 is 2.62 bits per heavy atom. The minimum absolute atomic E-state index is 0.0918. The van der Waals surface area contributed by atoms with E-state index >= 15 is 0 Å². The van der Waals surface area contributed by atoms with Crippen LogP contribution in [0, 0.1) is 5.92 Å². The summed E-state index contributed by atoms with van der Waals surface area (Å²) >= 11 is 0. The number of anilines is 1. The molecule has 0 bridgehead atoms. The summed E-state index contributed by atoms with van der Waals surface area (Å²) in [6.45, 7) is 0. The lowest BCUT2D eigenvalue weighted by Gasteiger charge is -2.38. The largest absolute Gasteiger partial charge is 0.478 e. The van der Waals surface area contributed by atoms with Crippen molar-refractivity contribution in [3.63, 3.8) is 0 Å². The molecule has 3 atom stereocenters. The third kappa shape index (κ3) is 2.17. The first kappa shape index (κ1) is 15.2. The number of allylic oxidation sites excluding steroid dienone is 2. The van der Waals surface area contributed by atoms with Crippen LogP contribution in [-0.4, -0.2) is 11.1 Å². The second-order valence-corrected chi connectivity index (χ2v) is 7.12. The number of carbonyl (C=O) groups is 1. The van der Waals surface area contributed by atoms with Crippen LogP contribution in [0.15, 0.2) is 72.8 Å². The van der Waals surface area contributed by atoms with Gasteiger partial charge in [-0.15, -0.1) is 0 Å². The molecule has 0 amide bonds. The van der Waals surface area contributed by atoms with E-state index in [4.69, 9.17) is 0 Å². The number of hydrogen-bond donors (Lipinski definition) is 2. The van der Waals surface area contributed by atoms with Crippen molar-refractivity contribution in [2.75, 3.05) is 5.32 Å². The van der Waals surface area contributed by atoms with E-state index in [0.29, 0.717) is 11.5 Å². The first-order chi connectivity index (χ1) is 12.7. The molecule has 0 radical (unpaired) electrons. The molecule has 5 rings (SSSR count). The van der Waals surface area contributed by atoms with Gasteiger partial charge < -0.3 is 10.4 Å². The zero-order valence-electron chi connectivity index (χ0n) is 14.2. The molecule has 0 aromatic heterocycles. The Kier molecular flexibility index (Phi) is 3.35. The third-order valence-corrected chi connectivity index (χ3v) is 5.79. The Labute approximate surface area is 152 Å². The van der Waals surface area contributed by atoms with Gasteiger partial charge >= 0.3 is 5.97 Å². The maximum atomic E-state index is 11.8. The van der Waals surface area contributed by atoms with Crippen molar-refractivity contribution in [3.05, 3.63) is 89.5 Å². The molecule has 26 heavy (non-hydrogen) atoms. The van der Waals surface area contributed by atoms with Crippen LogP contribution >= 0.6 is 0 Å². The number of carboxylic acids is 1. The van der Waals surface area contributed by atoms with Crippen molar-refractivity contribution in [2.45, 2.75) is 18.4 Å². The molecule has 0 saturated carbocycles. The summed E-state index contributed by atoms with van der Waals surface area (Å²) in [4.78, 5) is 11.8. The van der Waals surface area contributed by atoms with Crippen LogP contribution in [0.1, 0.15) is 39.9 Å². The van der Waals surface area contributed by atoms with Gasteiger partial charge in [0.2, 0.25) is 0 Å². The van der Waals surface area contributed by atoms with Crippen LogP contribution in [0.25, 0.3) is 10.8 Å². The van der Waals surface area contributed by atoms with E-state index in [9.17, 15) is 9.90 Å². The maximum Gasteiger partial charge on any atom is 0.337 e. The van der Waals surface area contributed by atoms with Gasteiger partial charge in [-0.2, -0.15) is 0 Å². The highest BCUT2D eigenvalue weighted by atomic mass is 16.4. The summed E-state index contributed by atoms with van der Waals surface area (Å²) in [5.74, 6) is -0.224. The summed E-state index contributed by atoms with van der Waals surface area (Å²) in [5, 5.41) is 15.7. The number of benzene rings is 3. The molecule has 2 aliphatic rings. The lowest BCUT2D eigenvalue weighted by atomic mass is 9.75. The van der Waals surface area contributed by atoms with Crippen LogP contribution in [0.5, 0.6) is 0 Å². The van der Waals surface area contributed by atoms with E-state index < -0.39 is 5.97 Å². The molecular formula is C23H19NO2. The summed E-state index contributed by atoms with van der Waals surface area (Å²) in [7, 11) is 0. The van der Waals surface area contributed by atoms with Crippen LogP contribution in [0.2, 0.25) is 0 Å². The van der Waals surface area contributed by atoms with Gasteiger partial charge in [-0.05, 0) is 40.3 Å². The van der Waals surface area contributed by atoms with E-state index in [1.54, 1.807) is 6.07 Å². The zero-order valence-corrected chi connectivity index (χ0v) is 14.2. The monoisotopic (exact) mass is 341 g/mol. The molecule has 0 saturated heterocycles. The molecular weight excluding hydrogens is 322 g/mol. The molecule has 0 unspecified atom stereocenters.